The van der Waals surface area contributed by atoms with Gasteiger partial charge in [-0.15, -0.1) is 10.2 Å². The Balaban J connectivity index is 1.42. The van der Waals surface area contributed by atoms with Gasteiger partial charge in [0.1, 0.15) is 6.04 Å². The Labute approximate surface area is 262 Å². The summed E-state index contributed by atoms with van der Waals surface area (Å²) in [5.41, 5.74) is 4.64. The number of carbonyl (C=O) groups excluding carboxylic acids is 2. The van der Waals surface area contributed by atoms with Crippen LogP contribution < -0.4 is 5.56 Å². The summed E-state index contributed by atoms with van der Waals surface area (Å²) in [6.45, 7) is 9.46. The molecule has 0 saturated heterocycles. The molecule has 238 valence electrons. The Hall–Kier alpha value is -4.54. The number of aromatic amines is 1. The van der Waals surface area contributed by atoms with Crippen LogP contribution in [0.2, 0.25) is 0 Å². The number of H-pyrrole nitrogens is 1. The predicted octanol–water partition coefficient (Wildman–Crippen LogP) is 5.63. The van der Waals surface area contributed by atoms with E-state index in [4.69, 9.17) is 9.47 Å². The summed E-state index contributed by atoms with van der Waals surface area (Å²) in [4.78, 5) is 39.7. The quantitative estimate of drug-likeness (QED) is 0.130. The largest absolute Gasteiger partial charge is 0.425 e. The lowest BCUT2D eigenvalue weighted by Gasteiger charge is -2.29. The number of hydrogen-bond donors (Lipinski definition) is 1. The Morgan fingerprint density at radius 1 is 1.04 bits per heavy atom. The fourth-order valence-corrected chi connectivity index (χ4v) is 5.79. The van der Waals surface area contributed by atoms with Gasteiger partial charge in [0.25, 0.3) is 5.56 Å². The average Bonchev–Trinajstić information content (AvgIpc) is 3.65. The zero-order chi connectivity index (χ0) is 32.1. The van der Waals surface area contributed by atoms with E-state index in [0.717, 1.165) is 47.2 Å². The third-order valence-corrected chi connectivity index (χ3v) is 8.14. The molecule has 11 heteroatoms. The molecule has 0 amide bonds. The molecule has 2 unspecified atom stereocenters. The molecule has 3 heterocycles. The van der Waals surface area contributed by atoms with Gasteiger partial charge in [0.05, 0.1) is 5.41 Å². The summed E-state index contributed by atoms with van der Waals surface area (Å²) >= 11 is 0. The first kappa shape index (κ1) is 31.9. The van der Waals surface area contributed by atoms with Crippen LogP contribution in [0.5, 0.6) is 0 Å². The van der Waals surface area contributed by atoms with Crippen molar-refractivity contribution in [3.63, 3.8) is 0 Å². The molecule has 0 fully saturated rings. The first-order chi connectivity index (χ1) is 21.6. The summed E-state index contributed by atoms with van der Waals surface area (Å²) in [6, 6.07) is 15.4. The first-order valence-electron chi connectivity index (χ1n) is 15.7. The van der Waals surface area contributed by atoms with Crippen molar-refractivity contribution in [1.82, 2.24) is 30.0 Å². The van der Waals surface area contributed by atoms with Gasteiger partial charge in [-0.1, -0.05) is 68.3 Å². The fourth-order valence-electron chi connectivity index (χ4n) is 5.79. The number of aromatic nitrogens is 6. The molecule has 1 aliphatic heterocycles. The second kappa shape index (κ2) is 13.6. The van der Waals surface area contributed by atoms with Crippen molar-refractivity contribution < 1.29 is 19.1 Å². The van der Waals surface area contributed by atoms with Crippen LogP contribution in [-0.2, 0) is 38.4 Å². The van der Waals surface area contributed by atoms with E-state index in [1.807, 2.05) is 53.2 Å². The highest BCUT2D eigenvalue weighted by Gasteiger charge is 2.35. The van der Waals surface area contributed by atoms with Crippen molar-refractivity contribution in [2.45, 2.75) is 98.4 Å². The van der Waals surface area contributed by atoms with Crippen LogP contribution in [0.4, 0.5) is 0 Å². The SMILES string of the molecule is CCCCCc1c(Cc2ccc(-c3ccccc3-c3nn[nH]n3)cc2)c(=O)n2n1C(C(=O)OC(C)OC(=O)C(C)(C)C)CCC2. The third-order valence-electron chi connectivity index (χ3n) is 8.14. The van der Waals surface area contributed by atoms with Crippen molar-refractivity contribution in [3.8, 4) is 22.5 Å². The van der Waals surface area contributed by atoms with Gasteiger partial charge in [-0.2, -0.15) is 5.21 Å². The Morgan fingerprint density at radius 2 is 1.78 bits per heavy atom. The molecule has 0 bridgehead atoms. The fraction of sp³-hybridized carbons (Fsp3) is 0.471. The lowest BCUT2D eigenvalue weighted by molar-refractivity contribution is -0.193. The Morgan fingerprint density at radius 3 is 2.44 bits per heavy atom. The first-order valence-corrected chi connectivity index (χ1v) is 15.7. The van der Waals surface area contributed by atoms with Gasteiger partial charge in [-0.05, 0) is 68.4 Å². The minimum Gasteiger partial charge on any atom is -0.425 e. The molecule has 2 aromatic heterocycles. The van der Waals surface area contributed by atoms with E-state index in [-0.39, 0.29) is 5.56 Å². The number of hydrogen-bond acceptors (Lipinski definition) is 8. The summed E-state index contributed by atoms with van der Waals surface area (Å²) in [7, 11) is 0. The number of fused-ring (bicyclic) bond motifs is 1. The van der Waals surface area contributed by atoms with Crippen molar-refractivity contribution in [2.75, 3.05) is 0 Å². The van der Waals surface area contributed by atoms with Gasteiger partial charge in [-0.3, -0.25) is 14.3 Å². The molecule has 0 radical (unpaired) electrons. The van der Waals surface area contributed by atoms with Gasteiger partial charge in [0, 0.05) is 36.7 Å². The summed E-state index contributed by atoms with van der Waals surface area (Å²) in [5, 5.41) is 14.5. The van der Waals surface area contributed by atoms with Gasteiger partial charge in [0.15, 0.2) is 0 Å². The monoisotopic (exact) mass is 614 g/mol. The van der Waals surface area contributed by atoms with Gasteiger partial charge < -0.3 is 9.47 Å². The second-order valence-corrected chi connectivity index (χ2v) is 12.6. The van der Waals surface area contributed by atoms with Crippen molar-refractivity contribution in [3.05, 3.63) is 75.7 Å². The van der Waals surface area contributed by atoms with Gasteiger partial charge in [0.2, 0.25) is 12.1 Å². The number of benzene rings is 2. The van der Waals surface area contributed by atoms with Crippen LogP contribution in [0.3, 0.4) is 0 Å². The van der Waals surface area contributed by atoms with Crippen LogP contribution in [0.25, 0.3) is 22.5 Å². The summed E-state index contributed by atoms with van der Waals surface area (Å²) in [6.07, 6.45) is 4.26. The highest BCUT2D eigenvalue weighted by molar-refractivity contribution is 5.80. The Kier molecular flexibility index (Phi) is 9.65. The number of ether oxygens (including phenoxy) is 2. The number of tetrazole rings is 1. The number of nitrogens with one attached hydrogen (secondary N) is 1. The number of nitrogens with zero attached hydrogens (tertiary/aromatic N) is 5. The van der Waals surface area contributed by atoms with E-state index < -0.39 is 29.7 Å². The zero-order valence-electron chi connectivity index (χ0n) is 26.7. The maximum Gasteiger partial charge on any atom is 0.333 e. The minimum atomic E-state index is -1.03. The highest BCUT2D eigenvalue weighted by atomic mass is 16.7. The number of rotatable bonds is 11. The number of carbonyl (C=O) groups is 2. The molecule has 5 rings (SSSR count). The van der Waals surface area contributed by atoms with E-state index in [9.17, 15) is 14.4 Å². The van der Waals surface area contributed by atoms with E-state index >= 15 is 0 Å². The third kappa shape index (κ3) is 7.08. The molecule has 2 atom stereocenters. The molecule has 1 aliphatic rings. The van der Waals surface area contributed by atoms with Crippen molar-refractivity contribution in [2.24, 2.45) is 5.41 Å². The molecule has 0 saturated carbocycles. The van der Waals surface area contributed by atoms with Crippen LogP contribution in [0.1, 0.15) is 89.6 Å². The second-order valence-electron chi connectivity index (χ2n) is 12.6. The Bertz CT molecular complexity index is 1680. The molecule has 2 aromatic carbocycles. The molecule has 0 spiro atoms. The predicted molar refractivity (Wildman–Crippen MR) is 169 cm³/mol. The maximum atomic E-state index is 13.9. The van der Waals surface area contributed by atoms with E-state index in [1.165, 1.54) is 0 Å². The van der Waals surface area contributed by atoms with E-state index in [2.05, 4.69) is 27.5 Å². The standard InChI is InChI=1S/C34H42N6O5/c1-6-7-8-14-28-27(21-23-16-18-24(19-17-23)25-12-9-10-13-26(25)30-35-37-38-36-30)31(41)39-20-11-15-29(40(28)39)32(42)44-22(2)45-33(43)34(3,4)5/h9-10,12-13,16-19,22,29H,6-8,11,14-15,20-21H2,1-5H3,(H,35,36,37,38). The smallest absolute Gasteiger partial charge is 0.333 e. The van der Waals surface area contributed by atoms with Crippen molar-refractivity contribution in [1.29, 1.82) is 0 Å². The molecule has 4 aromatic rings. The van der Waals surface area contributed by atoms with Crippen LogP contribution in [0.15, 0.2) is 53.3 Å². The van der Waals surface area contributed by atoms with E-state index in [0.29, 0.717) is 43.6 Å². The molecule has 0 aliphatic carbocycles. The zero-order valence-corrected chi connectivity index (χ0v) is 26.7. The molecule has 45 heavy (non-hydrogen) atoms. The molecular weight excluding hydrogens is 572 g/mol. The molecule has 1 N–H and O–H groups in total. The number of esters is 2. The number of unbranched alkanes of at least 4 members (excludes halogenated alkanes) is 2. The van der Waals surface area contributed by atoms with Crippen LogP contribution in [0, 0.1) is 5.41 Å². The van der Waals surface area contributed by atoms with Crippen LogP contribution in [-0.4, -0.2) is 48.2 Å². The van der Waals surface area contributed by atoms with Crippen molar-refractivity contribution >= 4 is 11.9 Å². The van der Waals surface area contributed by atoms with Gasteiger partial charge >= 0.3 is 11.9 Å². The lowest BCUT2D eigenvalue weighted by atomic mass is 9.96. The normalized spacial score (nSPS) is 15.4. The maximum absolute atomic E-state index is 13.9. The topological polar surface area (TPSA) is 134 Å². The lowest BCUT2D eigenvalue weighted by Crippen LogP contribution is -2.38. The van der Waals surface area contributed by atoms with E-state index in [1.54, 1.807) is 32.4 Å². The van der Waals surface area contributed by atoms with Crippen LogP contribution >= 0.6 is 0 Å². The molecular formula is C34H42N6O5. The summed E-state index contributed by atoms with van der Waals surface area (Å²) < 4.78 is 14.6. The molecule has 11 nitrogen and oxygen atoms in total. The average molecular weight is 615 g/mol. The minimum absolute atomic E-state index is 0.0715. The highest BCUT2D eigenvalue weighted by Crippen LogP contribution is 2.31. The summed E-state index contributed by atoms with van der Waals surface area (Å²) in [5.74, 6) is -0.426. The van der Waals surface area contributed by atoms with Gasteiger partial charge in [-0.25, -0.2) is 9.48 Å².